The summed E-state index contributed by atoms with van der Waals surface area (Å²) >= 11 is 3.48. The second-order valence-corrected chi connectivity index (χ2v) is 21.3. The van der Waals surface area contributed by atoms with Crippen LogP contribution in [0.4, 0.5) is 5.69 Å². The monoisotopic (exact) mass is 940 g/mol. The van der Waals surface area contributed by atoms with Crippen LogP contribution in [0.3, 0.4) is 0 Å². The summed E-state index contributed by atoms with van der Waals surface area (Å²) in [5, 5.41) is 6.96. The number of aromatic nitrogens is 1. The molecule has 1 saturated heterocycles. The lowest BCUT2D eigenvalue weighted by Gasteiger charge is -2.31. The number of nitrogens with zero attached hydrogens (tertiary/aromatic N) is 4. The Bertz CT molecular complexity index is 2470. The average molecular weight is 941 g/mol. The zero-order valence-electron chi connectivity index (χ0n) is 39.4. The molecule has 3 heterocycles. The van der Waals surface area contributed by atoms with Gasteiger partial charge in [-0.05, 0) is 66.9 Å². The zero-order chi connectivity index (χ0) is 46.0. The van der Waals surface area contributed by atoms with Gasteiger partial charge in [0.1, 0.15) is 11.7 Å². The molecule has 0 spiro atoms. The molecule has 2 aliphatic heterocycles. The number of unbranched alkanes of at least 4 members (excludes halogenated alkanes) is 11. The number of rotatable bonds is 23. The fraction of sp³-hybridized carbons (Fsp3) is 0.509. The Kier molecular flexibility index (Phi) is 20.2. The van der Waals surface area contributed by atoms with Crippen LogP contribution in [0.5, 0.6) is 0 Å². The third-order valence-electron chi connectivity index (χ3n) is 12.6. The fourth-order valence-corrected chi connectivity index (χ4v) is 11.6. The van der Waals surface area contributed by atoms with Gasteiger partial charge in [0.15, 0.2) is 0 Å². The van der Waals surface area contributed by atoms with E-state index in [0.29, 0.717) is 19.6 Å². The number of ether oxygens (including phenoxy) is 1. The van der Waals surface area contributed by atoms with Crippen LogP contribution in [0.25, 0.3) is 37.8 Å². The van der Waals surface area contributed by atoms with Gasteiger partial charge in [-0.3, -0.25) is 4.79 Å². The Hall–Kier alpha value is -3.78. The minimum Gasteiger partial charge on any atom is -0.748 e. The molecule has 1 fully saturated rings. The van der Waals surface area contributed by atoms with Crippen LogP contribution >= 0.6 is 23.1 Å². The predicted octanol–water partition coefficient (Wildman–Crippen LogP) is 12.1. The molecule has 0 amide bonds. The van der Waals surface area contributed by atoms with E-state index in [4.69, 9.17) is 4.74 Å². The number of piperazine rings is 1. The molecule has 12 heteroatoms. The van der Waals surface area contributed by atoms with E-state index in [9.17, 15) is 17.8 Å². The highest BCUT2D eigenvalue weighted by atomic mass is 32.2. The molecule has 0 saturated carbocycles. The molecule has 1 aromatic heterocycles. The van der Waals surface area contributed by atoms with Crippen molar-refractivity contribution in [3.05, 3.63) is 94.5 Å². The van der Waals surface area contributed by atoms with Gasteiger partial charge in [-0.25, -0.2) is 8.42 Å². The first-order chi connectivity index (χ1) is 31.5. The third kappa shape index (κ3) is 15.4. The van der Waals surface area contributed by atoms with Crippen LogP contribution in [-0.2, 0) is 26.7 Å². The van der Waals surface area contributed by atoms with Gasteiger partial charge in [0.2, 0.25) is 5.52 Å². The average Bonchev–Trinajstić information content (AvgIpc) is 3.82. The van der Waals surface area contributed by atoms with E-state index < -0.39 is 10.1 Å². The van der Waals surface area contributed by atoms with Crippen molar-refractivity contribution < 1.29 is 27.1 Å². The van der Waals surface area contributed by atoms with Gasteiger partial charge in [0.05, 0.1) is 39.2 Å². The Morgan fingerprint density at radius 1 is 0.769 bits per heavy atom. The molecule has 7 rings (SSSR count). The minimum absolute atomic E-state index is 0.0213. The van der Waals surface area contributed by atoms with Gasteiger partial charge < -0.3 is 24.0 Å². The van der Waals surface area contributed by atoms with Gasteiger partial charge in [0.25, 0.3) is 5.01 Å². The van der Waals surface area contributed by atoms with Crippen LogP contribution in [0.2, 0.25) is 0 Å². The maximum atomic E-state index is 11.8. The van der Waals surface area contributed by atoms with Gasteiger partial charge in [-0.15, -0.1) is 0 Å². The van der Waals surface area contributed by atoms with Crippen LogP contribution < -0.4 is 9.47 Å². The van der Waals surface area contributed by atoms with Crippen molar-refractivity contribution in [2.24, 2.45) is 7.05 Å². The van der Waals surface area contributed by atoms with Gasteiger partial charge in [-0.1, -0.05) is 162 Å². The molecule has 0 unspecified atom stereocenters. The number of esters is 1. The highest BCUT2D eigenvalue weighted by molar-refractivity contribution is 8.03. The number of thioether (sulfide) groups is 1. The standard InChI is InChI=1S/C31H28N2O3S3.C22H44N2O2/c1-3-21(19-28-32(2)30-24-11-6-4-9-22(24)13-15-26(30)37-28)20-29-33(17-8-18-39(34,35)36)31-25-12-7-5-10-23(25)14-16-27(31)38-29;1-3-4-5-6-7-8-9-10-11-12-13-14-21-26-22(25)15-16-24-19-17-23(2)18-20-24/h4-7,9-16,19-20H,3,8,17-18H2,1-2H3;3-21H2,1-2H3. The van der Waals surface area contributed by atoms with Crippen molar-refractivity contribution in [3.8, 4) is 0 Å². The minimum atomic E-state index is -4.27. The van der Waals surface area contributed by atoms with Gasteiger partial charge >= 0.3 is 5.97 Å². The molecule has 0 N–H and O–H groups in total. The van der Waals surface area contributed by atoms with Crippen molar-refractivity contribution in [2.45, 2.75) is 115 Å². The predicted molar refractivity (Wildman–Crippen MR) is 274 cm³/mol. The molecule has 9 nitrogen and oxygen atoms in total. The first-order valence-electron chi connectivity index (χ1n) is 24.2. The largest absolute Gasteiger partial charge is 0.748 e. The van der Waals surface area contributed by atoms with Crippen LogP contribution in [0.1, 0.15) is 115 Å². The summed E-state index contributed by atoms with van der Waals surface area (Å²) in [6.45, 7) is 10.7. The van der Waals surface area contributed by atoms with Gasteiger partial charge in [0, 0.05) is 61.4 Å². The van der Waals surface area contributed by atoms with E-state index in [-0.39, 0.29) is 18.1 Å². The number of aryl methyl sites for hydroxylation is 1. The molecule has 5 aromatic rings. The Labute approximate surface area is 397 Å². The zero-order valence-corrected chi connectivity index (χ0v) is 41.9. The molecule has 352 valence electrons. The number of benzene rings is 4. The second-order valence-electron chi connectivity index (χ2n) is 17.7. The summed E-state index contributed by atoms with van der Waals surface area (Å²) in [6, 6.07) is 25.4. The first kappa shape index (κ1) is 50.6. The molecule has 2 aliphatic rings. The Morgan fingerprint density at radius 2 is 1.38 bits per heavy atom. The van der Waals surface area contributed by atoms with Gasteiger partial charge in [-0.2, -0.15) is 4.57 Å². The number of fused-ring (bicyclic) bond motifs is 6. The van der Waals surface area contributed by atoms with Crippen LogP contribution in [-0.4, -0.2) is 87.4 Å². The molecule has 0 aliphatic carbocycles. The lowest BCUT2D eigenvalue weighted by molar-refractivity contribution is -0.641. The summed E-state index contributed by atoms with van der Waals surface area (Å²) in [6.07, 6.45) is 22.2. The number of allylic oxidation sites excluding steroid dienone is 2. The van der Waals surface area contributed by atoms with E-state index in [2.05, 4.69) is 120 Å². The first-order valence-corrected chi connectivity index (χ1v) is 27.5. The molecule has 0 atom stereocenters. The molecule has 0 radical (unpaired) electrons. The summed E-state index contributed by atoms with van der Waals surface area (Å²) < 4.78 is 43.0. The summed E-state index contributed by atoms with van der Waals surface area (Å²) in [5.74, 6) is -0.393. The molecule has 65 heavy (non-hydrogen) atoms. The number of anilines is 1. The highest BCUT2D eigenvalue weighted by Crippen LogP contribution is 2.50. The number of thiazole rings is 1. The molecular formula is C53H72N4O5S3. The topological polar surface area (TPSA) is 97.1 Å². The van der Waals surface area contributed by atoms with Crippen molar-refractivity contribution in [1.82, 2.24) is 9.80 Å². The van der Waals surface area contributed by atoms with E-state index >= 15 is 0 Å². The molecule has 0 bridgehead atoms. The van der Waals surface area contributed by atoms with Crippen molar-refractivity contribution in [2.75, 3.05) is 63.6 Å². The number of carbonyl (C=O) groups is 1. The fourth-order valence-electron chi connectivity index (χ4n) is 8.77. The van der Waals surface area contributed by atoms with E-state index in [1.807, 2.05) is 12.1 Å². The number of likely N-dealkylation sites (N-methyl/N-ethyl adjacent to an activating group) is 1. The third-order valence-corrected chi connectivity index (χ3v) is 15.7. The maximum Gasteiger partial charge on any atom is 0.307 e. The number of carbonyl (C=O) groups excluding carboxylic acids is 1. The van der Waals surface area contributed by atoms with Crippen LogP contribution in [0.15, 0.2) is 94.4 Å². The molecule has 4 aromatic carbocycles. The lowest BCUT2D eigenvalue weighted by atomic mass is 10.1. The molecular weight excluding hydrogens is 869 g/mol. The Morgan fingerprint density at radius 3 is 2.05 bits per heavy atom. The summed E-state index contributed by atoms with van der Waals surface area (Å²) in [4.78, 5) is 19.8. The Balaban J connectivity index is 0.000000236. The SMILES string of the molecule is CCC(=Cc1sc2ccc3ccccc3c2[n+]1C)C=C1Sc2ccc3ccccc3c2N1CCCS(=O)(=O)[O-].CCCCCCCCCCCCCCOC(=O)CCN1CCN(C)CC1. The van der Waals surface area contributed by atoms with Crippen molar-refractivity contribution >= 4 is 82.7 Å². The summed E-state index contributed by atoms with van der Waals surface area (Å²) in [7, 11) is 0.00695. The smallest absolute Gasteiger partial charge is 0.307 e. The second kappa shape index (κ2) is 25.9. The van der Waals surface area contributed by atoms with E-state index in [1.165, 1.54) is 102 Å². The van der Waals surface area contributed by atoms with Crippen molar-refractivity contribution in [1.29, 1.82) is 0 Å². The lowest BCUT2D eigenvalue weighted by Crippen LogP contribution is -2.45. The quantitative estimate of drug-likeness (QED) is 0.0274. The van der Waals surface area contributed by atoms with E-state index in [1.54, 1.807) is 23.1 Å². The maximum absolute atomic E-state index is 11.8. The summed E-state index contributed by atoms with van der Waals surface area (Å²) in [5.41, 5.74) is 3.51. The van der Waals surface area contributed by atoms with E-state index in [0.717, 1.165) is 71.9 Å². The van der Waals surface area contributed by atoms with Crippen LogP contribution in [0, 0.1) is 0 Å². The number of hydrogen-bond donors (Lipinski definition) is 0. The number of hydrogen-bond acceptors (Lipinski definition) is 10. The normalized spacial score (nSPS) is 15.6. The van der Waals surface area contributed by atoms with Crippen molar-refractivity contribution in [3.63, 3.8) is 0 Å². The highest BCUT2D eigenvalue weighted by Gasteiger charge is 2.28.